The fourth-order valence-corrected chi connectivity index (χ4v) is 1.51. The molecule has 0 aromatic carbocycles. The number of hydrogen-bond acceptors (Lipinski definition) is 3. The van der Waals surface area contributed by atoms with E-state index in [1.165, 1.54) is 5.57 Å². The second-order valence-corrected chi connectivity index (χ2v) is 3.57. The Hall–Kier alpha value is -2.08. The van der Waals surface area contributed by atoms with Gasteiger partial charge in [-0.2, -0.15) is 5.26 Å². The number of rotatable bonds is 3. The van der Waals surface area contributed by atoms with Crippen LogP contribution in [0, 0.1) is 11.3 Å². The summed E-state index contributed by atoms with van der Waals surface area (Å²) in [5, 5.41) is 8.69. The third-order valence-electron chi connectivity index (χ3n) is 2.37. The molecule has 80 valence electrons. The van der Waals surface area contributed by atoms with E-state index in [4.69, 9.17) is 10.00 Å². The minimum absolute atomic E-state index is 0.384. The molecule has 16 heavy (non-hydrogen) atoms. The van der Waals surface area contributed by atoms with E-state index >= 15 is 0 Å². The molecule has 0 saturated heterocycles. The van der Waals surface area contributed by atoms with Gasteiger partial charge < -0.3 is 4.74 Å². The SMILES string of the molecule is N#Cc1cc(OCC2=CC=CCC2)ccn1. The number of hydrogen-bond donors (Lipinski definition) is 0. The Kier molecular flexibility index (Phi) is 3.35. The lowest BCUT2D eigenvalue weighted by atomic mass is 10.1. The predicted octanol–water partition coefficient (Wildman–Crippen LogP) is 2.61. The third kappa shape index (κ3) is 2.71. The van der Waals surface area contributed by atoms with Gasteiger partial charge in [-0.05, 0) is 24.5 Å². The first-order valence-corrected chi connectivity index (χ1v) is 5.22. The van der Waals surface area contributed by atoms with Crippen LogP contribution < -0.4 is 4.74 Å². The summed E-state index contributed by atoms with van der Waals surface area (Å²) in [5.41, 5.74) is 1.66. The lowest BCUT2D eigenvalue weighted by Gasteiger charge is -2.10. The number of allylic oxidation sites excluding steroid dienone is 3. The highest BCUT2D eigenvalue weighted by Crippen LogP contribution is 2.15. The van der Waals surface area contributed by atoms with E-state index in [-0.39, 0.29) is 0 Å². The number of ether oxygens (including phenoxy) is 1. The van der Waals surface area contributed by atoms with Gasteiger partial charge in [0.05, 0.1) is 0 Å². The van der Waals surface area contributed by atoms with Gasteiger partial charge in [0.1, 0.15) is 24.1 Å². The molecule has 0 amide bonds. The summed E-state index contributed by atoms with van der Waals surface area (Å²) in [5.74, 6) is 0.696. The van der Waals surface area contributed by atoms with Gasteiger partial charge in [0.15, 0.2) is 0 Å². The quantitative estimate of drug-likeness (QED) is 0.773. The minimum Gasteiger partial charge on any atom is -0.489 e. The molecule has 1 heterocycles. The average Bonchev–Trinajstić information content (AvgIpc) is 2.38. The molecular weight excluding hydrogens is 200 g/mol. The smallest absolute Gasteiger partial charge is 0.144 e. The molecule has 3 heteroatoms. The van der Waals surface area contributed by atoms with Crippen LogP contribution in [-0.4, -0.2) is 11.6 Å². The van der Waals surface area contributed by atoms with Crippen molar-refractivity contribution < 1.29 is 4.74 Å². The molecule has 2 rings (SSSR count). The monoisotopic (exact) mass is 212 g/mol. The number of nitrogens with zero attached hydrogens (tertiary/aromatic N) is 2. The van der Waals surface area contributed by atoms with Crippen LogP contribution in [0.15, 0.2) is 42.1 Å². The van der Waals surface area contributed by atoms with Crippen molar-refractivity contribution in [3.05, 3.63) is 47.8 Å². The molecule has 3 nitrogen and oxygen atoms in total. The Labute approximate surface area is 94.7 Å². The maximum absolute atomic E-state index is 8.69. The summed E-state index contributed by atoms with van der Waals surface area (Å²) in [7, 11) is 0. The van der Waals surface area contributed by atoms with E-state index in [2.05, 4.69) is 23.2 Å². The van der Waals surface area contributed by atoms with E-state index in [0.29, 0.717) is 18.1 Å². The summed E-state index contributed by atoms with van der Waals surface area (Å²) < 4.78 is 5.59. The molecule has 0 aliphatic heterocycles. The van der Waals surface area contributed by atoms with Crippen LogP contribution in [0.25, 0.3) is 0 Å². The molecule has 0 fully saturated rings. The van der Waals surface area contributed by atoms with Crippen LogP contribution in [0.3, 0.4) is 0 Å². The van der Waals surface area contributed by atoms with Crippen LogP contribution >= 0.6 is 0 Å². The fourth-order valence-electron chi connectivity index (χ4n) is 1.51. The van der Waals surface area contributed by atoms with Crippen molar-refractivity contribution in [1.29, 1.82) is 5.26 Å². The summed E-state index contributed by atoms with van der Waals surface area (Å²) in [6.45, 7) is 0.583. The number of aromatic nitrogens is 1. The Morgan fingerprint density at radius 1 is 1.50 bits per heavy atom. The zero-order chi connectivity index (χ0) is 11.2. The molecule has 0 saturated carbocycles. The van der Waals surface area contributed by atoms with Crippen molar-refractivity contribution in [2.75, 3.05) is 6.61 Å². The summed E-state index contributed by atoms with van der Waals surface area (Å²) in [4.78, 5) is 3.89. The van der Waals surface area contributed by atoms with E-state index in [1.807, 2.05) is 6.07 Å². The third-order valence-corrected chi connectivity index (χ3v) is 2.37. The highest BCUT2D eigenvalue weighted by Gasteiger charge is 2.02. The van der Waals surface area contributed by atoms with Gasteiger partial charge >= 0.3 is 0 Å². The normalized spacial score (nSPS) is 14.1. The second-order valence-electron chi connectivity index (χ2n) is 3.57. The molecule has 0 bridgehead atoms. The Morgan fingerprint density at radius 2 is 2.44 bits per heavy atom. The van der Waals surface area contributed by atoms with Gasteiger partial charge in [0.25, 0.3) is 0 Å². The van der Waals surface area contributed by atoms with Crippen LogP contribution in [0.2, 0.25) is 0 Å². The summed E-state index contributed by atoms with van der Waals surface area (Å²) in [6, 6.07) is 5.40. The standard InChI is InChI=1S/C13H12N2O/c14-9-12-8-13(6-7-15-12)16-10-11-4-2-1-3-5-11/h1-2,4,6-8H,3,5,10H2. The number of nitriles is 1. The van der Waals surface area contributed by atoms with Crippen LogP contribution in [0.4, 0.5) is 0 Å². The maximum Gasteiger partial charge on any atom is 0.144 e. The predicted molar refractivity (Wildman–Crippen MR) is 60.9 cm³/mol. The lowest BCUT2D eigenvalue weighted by molar-refractivity contribution is 0.346. The molecule has 0 unspecified atom stereocenters. The fraction of sp³-hybridized carbons (Fsp3) is 0.231. The van der Waals surface area contributed by atoms with Crippen molar-refractivity contribution in [3.8, 4) is 11.8 Å². The Balaban J connectivity index is 1.97. The highest BCUT2D eigenvalue weighted by molar-refractivity contribution is 5.30. The molecule has 0 atom stereocenters. The number of pyridine rings is 1. The zero-order valence-corrected chi connectivity index (χ0v) is 8.89. The molecule has 1 aromatic rings. The van der Waals surface area contributed by atoms with Crippen molar-refractivity contribution in [2.24, 2.45) is 0 Å². The van der Waals surface area contributed by atoms with Crippen molar-refractivity contribution in [3.63, 3.8) is 0 Å². The molecule has 1 aliphatic rings. The zero-order valence-electron chi connectivity index (χ0n) is 8.89. The van der Waals surface area contributed by atoms with E-state index < -0.39 is 0 Å². The average molecular weight is 212 g/mol. The van der Waals surface area contributed by atoms with E-state index in [1.54, 1.807) is 18.3 Å². The Morgan fingerprint density at radius 3 is 3.19 bits per heavy atom. The van der Waals surface area contributed by atoms with Gasteiger partial charge in [-0.3, -0.25) is 0 Å². The van der Waals surface area contributed by atoms with Gasteiger partial charge in [0.2, 0.25) is 0 Å². The molecule has 0 spiro atoms. The summed E-state index contributed by atoms with van der Waals surface area (Å²) >= 11 is 0. The molecule has 0 radical (unpaired) electrons. The highest BCUT2D eigenvalue weighted by atomic mass is 16.5. The van der Waals surface area contributed by atoms with E-state index in [9.17, 15) is 0 Å². The van der Waals surface area contributed by atoms with Gasteiger partial charge in [-0.1, -0.05) is 18.2 Å². The maximum atomic E-state index is 8.69. The topological polar surface area (TPSA) is 45.9 Å². The first-order valence-electron chi connectivity index (χ1n) is 5.22. The first kappa shape index (κ1) is 10.4. The minimum atomic E-state index is 0.384. The first-order chi connectivity index (χ1) is 7.88. The molecule has 0 N–H and O–H groups in total. The molecular formula is C13H12N2O. The van der Waals surface area contributed by atoms with Crippen LogP contribution in [0.1, 0.15) is 18.5 Å². The van der Waals surface area contributed by atoms with Gasteiger partial charge in [-0.15, -0.1) is 0 Å². The summed E-state index contributed by atoms with van der Waals surface area (Å²) in [6.07, 6.45) is 9.99. The van der Waals surface area contributed by atoms with Crippen LogP contribution in [0.5, 0.6) is 5.75 Å². The molecule has 1 aliphatic carbocycles. The van der Waals surface area contributed by atoms with Crippen molar-refractivity contribution in [2.45, 2.75) is 12.8 Å². The lowest BCUT2D eigenvalue weighted by Crippen LogP contribution is -2.03. The Bertz CT molecular complexity index is 469. The second kappa shape index (κ2) is 5.13. The van der Waals surface area contributed by atoms with Gasteiger partial charge in [0, 0.05) is 12.3 Å². The van der Waals surface area contributed by atoms with Crippen LogP contribution in [-0.2, 0) is 0 Å². The largest absolute Gasteiger partial charge is 0.489 e. The van der Waals surface area contributed by atoms with Crippen molar-refractivity contribution >= 4 is 0 Å². The van der Waals surface area contributed by atoms with E-state index in [0.717, 1.165) is 12.8 Å². The van der Waals surface area contributed by atoms with Gasteiger partial charge in [-0.25, -0.2) is 4.98 Å². The van der Waals surface area contributed by atoms with Crippen molar-refractivity contribution in [1.82, 2.24) is 4.98 Å². The molecule has 1 aromatic heterocycles.